The van der Waals surface area contributed by atoms with Crippen molar-refractivity contribution in [1.29, 1.82) is 5.26 Å². The SMILES string of the molecule is N#Cc1ccc(-c2nc3ccccc3nc2C2C=CC(c3nc(-c4ccccc4)cc(-c4ccccc4)n3)=CC2)c2ccccc12. The van der Waals surface area contributed by atoms with E-state index in [0.717, 1.165) is 73.3 Å². The number of para-hydroxylation sites is 2. The Labute approximate surface area is 266 Å². The molecule has 2 heterocycles. The van der Waals surface area contributed by atoms with Gasteiger partial charge < -0.3 is 0 Å². The topological polar surface area (TPSA) is 75.3 Å². The highest BCUT2D eigenvalue weighted by Crippen LogP contribution is 2.38. The van der Waals surface area contributed by atoms with Gasteiger partial charge in [0.2, 0.25) is 0 Å². The second kappa shape index (κ2) is 11.7. The van der Waals surface area contributed by atoms with Gasteiger partial charge in [0.1, 0.15) is 0 Å². The molecule has 7 aromatic rings. The summed E-state index contributed by atoms with van der Waals surface area (Å²) in [5.74, 6) is 0.689. The highest BCUT2D eigenvalue weighted by atomic mass is 14.9. The zero-order chi connectivity index (χ0) is 30.9. The molecule has 0 spiro atoms. The molecule has 5 aromatic carbocycles. The van der Waals surface area contributed by atoms with E-state index in [1.165, 1.54) is 0 Å². The maximum Gasteiger partial charge on any atom is 0.160 e. The maximum absolute atomic E-state index is 9.78. The number of fused-ring (bicyclic) bond motifs is 2. The highest BCUT2D eigenvalue weighted by molar-refractivity contribution is 6.00. The number of hydrogen-bond acceptors (Lipinski definition) is 5. The van der Waals surface area contributed by atoms with Crippen LogP contribution in [0.4, 0.5) is 0 Å². The van der Waals surface area contributed by atoms with Gasteiger partial charge in [0, 0.05) is 33.6 Å². The fourth-order valence-electron chi connectivity index (χ4n) is 6.15. The van der Waals surface area contributed by atoms with Crippen molar-refractivity contribution in [3.63, 3.8) is 0 Å². The lowest BCUT2D eigenvalue weighted by Crippen LogP contribution is -2.07. The molecule has 2 aromatic heterocycles. The summed E-state index contributed by atoms with van der Waals surface area (Å²) in [5, 5.41) is 11.7. The van der Waals surface area contributed by atoms with Gasteiger partial charge in [-0.25, -0.2) is 19.9 Å². The van der Waals surface area contributed by atoms with Gasteiger partial charge in [-0.15, -0.1) is 0 Å². The van der Waals surface area contributed by atoms with Crippen LogP contribution in [0.25, 0.3) is 61.2 Å². The van der Waals surface area contributed by atoms with E-state index in [9.17, 15) is 5.26 Å². The number of aromatic nitrogens is 4. The first kappa shape index (κ1) is 27.3. The molecule has 1 unspecified atom stereocenters. The van der Waals surface area contributed by atoms with E-state index < -0.39 is 0 Å². The standard InChI is InChI=1S/C41H27N5/c42-26-31-23-24-34(33-16-8-7-15-32(31)33)40-39(43-35-17-9-10-18-36(35)44-40)29-19-21-30(22-20-29)41-45-37(27-11-3-1-4-12-27)25-38(46-41)28-13-5-2-6-14-28/h1-19,21-25,29H,20H2. The van der Waals surface area contributed by atoms with Crippen molar-refractivity contribution in [1.82, 2.24) is 19.9 Å². The largest absolute Gasteiger partial charge is 0.248 e. The predicted molar refractivity (Wildman–Crippen MR) is 185 cm³/mol. The van der Waals surface area contributed by atoms with E-state index >= 15 is 0 Å². The Morgan fingerprint density at radius 2 is 1.22 bits per heavy atom. The third kappa shape index (κ3) is 5.02. The van der Waals surface area contributed by atoms with Crippen LogP contribution in [0.1, 0.15) is 29.4 Å². The number of allylic oxidation sites excluding steroid dienone is 4. The van der Waals surface area contributed by atoms with Crippen molar-refractivity contribution in [3.05, 3.63) is 163 Å². The minimum absolute atomic E-state index is 0.00355. The summed E-state index contributed by atoms with van der Waals surface area (Å²) >= 11 is 0. The van der Waals surface area contributed by atoms with Crippen LogP contribution in [0.15, 0.2) is 146 Å². The smallest absolute Gasteiger partial charge is 0.160 e. The van der Waals surface area contributed by atoms with Crippen LogP contribution in [-0.2, 0) is 0 Å². The van der Waals surface area contributed by atoms with Crippen LogP contribution in [0.3, 0.4) is 0 Å². The first-order chi connectivity index (χ1) is 22.7. The monoisotopic (exact) mass is 589 g/mol. The molecule has 5 nitrogen and oxygen atoms in total. The first-order valence-corrected chi connectivity index (χ1v) is 15.3. The number of benzene rings is 5. The van der Waals surface area contributed by atoms with E-state index in [0.29, 0.717) is 11.4 Å². The molecule has 1 aliphatic carbocycles. The summed E-state index contributed by atoms with van der Waals surface area (Å²) < 4.78 is 0. The summed E-state index contributed by atoms with van der Waals surface area (Å²) in [5.41, 5.74) is 9.89. The van der Waals surface area contributed by atoms with E-state index in [-0.39, 0.29) is 5.92 Å². The van der Waals surface area contributed by atoms with Crippen molar-refractivity contribution in [2.45, 2.75) is 12.3 Å². The number of hydrogen-bond donors (Lipinski definition) is 0. The predicted octanol–water partition coefficient (Wildman–Crippen LogP) is 9.57. The summed E-state index contributed by atoms with van der Waals surface area (Å²) in [6, 6.07) is 44.8. The summed E-state index contributed by atoms with van der Waals surface area (Å²) in [4.78, 5) is 20.4. The van der Waals surface area contributed by atoms with Crippen molar-refractivity contribution in [2.75, 3.05) is 0 Å². The van der Waals surface area contributed by atoms with Crippen molar-refractivity contribution < 1.29 is 0 Å². The lowest BCUT2D eigenvalue weighted by atomic mass is 9.89. The summed E-state index contributed by atoms with van der Waals surface area (Å²) in [6.07, 6.45) is 7.25. The molecule has 0 aliphatic heterocycles. The van der Waals surface area contributed by atoms with Crippen LogP contribution >= 0.6 is 0 Å². The molecular weight excluding hydrogens is 562 g/mol. The van der Waals surface area contributed by atoms with Crippen molar-refractivity contribution in [3.8, 4) is 39.8 Å². The van der Waals surface area contributed by atoms with E-state index in [2.05, 4.69) is 60.7 Å². The second-order valence-electron chi connectivity index (χ2n) is 11.3. The van der Waals surface area contributed by atoms with Crippen molar-refractivity contribution in [2.24, 2.45) is 0 Å². The zero-order valence-corrected chi connectivity index (χ0v) is 24.9. The minimum Gasteiger partial charge on any atom is -0.248 e. The molecular formula is C41H27N5. The molecule has 216 valence electrons. The molecule has 0 fully saturated rings. The van der Waals surface area contributed by atoms with Gasteiger partial charge >= 0.3 is 0 Å². The van der Waals surface area contributed by atoms with Gasteiger partial charge in [0.15, 0.2) is 5.82 Å². The molecule has 0 saturated carbocycles. The first-order valence-electron chi connectivity index (χ1n) is 15.3. The summed E-state index contributed by atoms with van der Waals surface area (Å²) in [6.45, 7) is 0. The van der Waals surface area contributed by atoms with Gasteiger partial charge in [-0.1, -0.05) is 121 Å². The molecule has 1 aliphatic rings. The Kier molecular flexibility index (Phi) is 6.94. The third-order valence-electron chi connectivity index (χ3n) is 8.47. The molecule has 8 rings (SSSR count). The number of nitrogens with zero attached hydrogens (tertiary/aromatic N) is 5. The Hall–Kier alpha value is -6.25. The molecule has 1 atom stereocenters. The third-order valence-corrected chi connectivity index (χ3v) is 8.47. The minimum atomic E-state index is -0.00355. The Bertz CT molecular complexity index is 2290. The average Bonchev–Trinajstić information content (AvgIpc) is 3.14. The fourth-order valence-corrected chi connectivity index (χ4v) is 6.15. The van der Waals surface area contributed by atoms with Gasteiger partial charge in [-0.3, -0.25) is 0 Å². The lowest BCUT2D eigenvalue weighted by molar-refractivity contribution is 0.819. The second-order valence-corrected chi connectivity index (χ2v) is 11.3. The molecule has 0 amide bonds. The fraction of sp³-hybridized carbons (Fsp3) is 0.0488. The summed E-state index contributed by atoms with van der Waals surface area (Å²) in [7, 11) is 0. The van der Waals surface area contributed by atoms with Crippen molar-refractivity contribution >= 4 is 27.4 Å². The lowest BCUT2D eigenvalue weighted by Gasteiger charge is -2.20. The molecule has 0 radical (unpaired) electrons. The van der Waals surface area contributed by atoms with E-state index in [4.69, 9.17) is 19.9 Å². The van der Waals surface area contributed by atoms with Gasteiger partial charge in [0.05, 0.1) is 45.4 Å². The van der Waals surface area contributed by atoms with Gasteiger partial charge in [-0.2, -0.15) is 5.26 Å². The van der Waals surface area contributed by atoms with Crippen LogP contribution in [-0.4, -0.2) is 19.9 Å². The van der Waals surface area contributed by atoms with Crippen LogP contribution in [0.2, 0.25) is 0 Å². The molecule has 0 N–H and O–H groups in total. The Balaban J connectivity index is 1.22. The van der Waals surface area contributed by atoms with Crippen LogP contribution < -0.4 is 0 Å². The average molecular weight is 590 g/mol. The Morgan fingerprint density at radius 3 is 1.85 bits per heavy atom. The normalized spacial score (nSPS) is 14.2. The molecule has 46 heavy (non-hydrogen) atoms. The number of rotatable bonds is 5. The van der Waals surface area contributed by atoms with Crippen LogP contribution in [0.5, 0.6) is 0 Å². The molecule has 5 heteroatoms. The quantitative estimate of drug-likeness (QED) is 0.200. The number of nitriles is 1. The van der Waals surface area contributed by atoms with E-state index in [1.54, 1.807) is 0 Å². The molecule has 0 bridgehead atoms. The maximum atomic E-state index is 9.78. The molecule has 0 saturated heterocycles. The van der Waals surface area contributed by atoms with E-state index in [1.807, 2.05) is 91.0 Å². The zero-order valence-electron chi connectivity index (χ0n) is 24.9. The van der Waals surface area contributed by atoms with Crippen LogP contribution in [0, 0.1) is 11.3 Å². The van der Waals surface area contributed by atoms with Gasteiger partial charge in [-0.05, 0) is 36.1 Å². The highest BCUT2D eigenvalue weighted by Gasteiger charge is 2.23. The Morgan fingerprint density at radius 1 is 0.609 bits per heavy atom. The van der Waals surface area contributed by atoms with Gasteiger partial charge in [0.25, 0.3) is 0 Å².